The standard InChI is InChI=1S/C13H16BrNO3/c1-13(2,3)18-12(16)15-10-6-8(14)4-5-9(10)11-7-17-11/h4-6,11H,7H2,1-3H3,(H,15,16)/t11-/m0/s1. The second-order valence-electron chi connectivity index (χ2n) is 5.18. The zero-order chi connectivity index (χ0) is 13.3. The lowest BCUT2D eigenvalue weighted by molar-refractivity contribution is 0.0636. The van der Waals surface area contributed by atoms with Gasteiger partial charge >= 0.3 is 6.09 Å². The maximum absolute atomic E-state index is 11.7. The second-order valence-corrected chi connectivity index (χ2v) is 6.10. The van der Waals surface area contributed by atoms with Crippen molar-refractivity contribution in [2.45, 2.75) is 32.5 Å². The largest absolute Gasteiger partial charge is 0.444 e. The summed E-state index contributed by atoms with van der Waals surface area (Å²) in [5, 5.41) is 2.76. The topological polar surface area (TPSA) is 50.9 Å². The van der Waals surface area contributed by atoms with Crippen molar-refractivity contribution in [1.29, 1.82) is 0 Å². The molecular formula is C13H16BrNO3. The number of carbonyl (C=O) groups excluding carboxylic acids is 1. The molecule has 0 bridgehead atoms. The van der Waals surface area contributed by atoms with E-state index in [4.69, 9.17) is 9.47 Å². The second kappa shape index (κ2) is 4.90. The highest BCUT2D eigenvalue weighted by Gasteiger charge is 2.28. The molecule has 0 aromatic heterocycles. The van der Waals surface area contributed by atoms with E-state index in [0.29, 0.717) is 6.61 Å². The molecule has 4 nitrogen and oxygen atoms in total. The molecule has 98 valence electrons. The minimum absolute atomic E-state index is 0.0861. The van der Waals surface area contributed by atoms with Crippen molar-refractivity contribution in [2.75, 3.05) is 11.9 Å². The van der Waals surface area contributed by atoms with E-state index in [1.165, 1.54) is 0 Å². The monoisotopic (exact) mass is 313 g/mol. The molecule has 18 heavy (non-hydrogen) atoms. The van der Waals surface area contributed by atoms with Gasteiger partial charge in [-0.05, 0) is 32.9 Å². The lowest BCUT2D eigenvalue weighted by Gasteiger charge is -2.20. The molecule has 1 aromatic carbocycles. The summed E-state index contributed by atoms with van der Waals surface area (Å²) in [5.74, 6) is 0. The highest BCUT2D eigenvalue weighted by molar-refractivity contribution is 9.10. The van der Waals surface area contributed by atoms with Crippen molar-refractivity contribution in [3.05, 3.63) is 28.2 Å². The predicted molar refractivity (Wildman–Crippen MR) is 72.7 cm³/mol. The first-order valence-electron chi connectivity index (χ1n) is 5.76. The number of rotatable bonds is 2. The van der Waals surface area contributed by atoms with E-state index in [1.54, 1.807) is 0 Å². The molecule has 1 heterocycles. The summed E-state index contributed by atoms with van der Waals surface area (Å²) < 4.78 is 11.4. The van der Waals surface area contributed by atoms with E-state index >= 15 is 0 Å². The Hall–Kier alpha value is -1.07. The Labute approximate surface area is 115 Å². The Bertz CT molecular complexity index is 464. The van der Waals surface area contributed by atoms with Crippen molar-refractivity contribution in [3.63, 3.8) is 0 Å². The average Bonchev–Trinajstić information content (AvgIpc) is 2.98. The third-order valence-electron chi connectivity index (χ3n) is 2.33. The van der Waals surface area contributed by atoms with Gasteiger partial charge in [0.2, 0.25) is 0 Å². The van der Waals surface area contributed by atoms with Crippen molar-refractivity contribution in [3.8, 4) is 0 Å². The Morgan fingerprint density at radius 3 is 2.72 bits per heavy atom. The van der Waals surface area contributed by atoms with Crippen LogP contribution in [0.15, 0.2) is 22.7 Å². The first-order valence-corrected chi connectivity index (χ1v) is 6.55. The fourth-order valence-corrected chi connectivity index (χ4v) is 1.92. The van der Waals surface area contributed by atoms with E-state index in [-0.39, 0.29) is 6.10 Å². The molecule has 1 N–H and O–H groups in total. The number of hydrogen-bond acceptors (Lipinski definition) is 3. The van der Waals surface area contributed by atoms with Gasteiger partial charge in [0.25, 0.3) is 0 Å². The Morgan fingerprint density at radius 1 is 1.50 bits per heavy atom. The van der Waals surface area contributed by atoms with E-state index in [0.717, 1.165) is 15.7 Å². The first-order chi connectivity index (χ1) is 8.35. The molecule has 1 saturated heterocycles. The van der Waals surface area contributed by atoms with Crippen molar-refractivity contribution >= 4 is 27.7 Å². The summed E-state index contributed by atoms with van der Waals surface area (Å²) in [6.07, 6.45) is -0.370. The SMILES string of the molecule is CC(C)(C)OC(=O)Nc1cc(Br)ccc1[C@@H]1CO1. The van der Waals surface area contributed by atoms with Gasteiger partial charge in [0.1, 0.15) is 11.7 Å². The highest BCUT2D eigenvalue weighted by Crippen LogP contribution is 2.36. The van der Waals surface area contributed by atoms with Crippen molar-refractivity contribution < 1.29 is 14.3 Å². The van der Waals surface area contributed by atoms with Crippen LogP contribution in [0.1, 0.15) is 32.4 Å². The van der Waals surface area contributed by atoms with E-state index in [9.17, 15) is 4.79 Å². The number of amides is 1. The predicted octanol–water partition coefficient (Wildman–Crippen LogP) is 3.87. The molecule has 1 aliphatic heterocycles. The molecule has 0 aliphatic carbocycles. The third kappa shape index (κ3) is 3.71. The lowest BCUT2D eigenvalue weighted by Crippen LogP contribution is -2.27. The molecule has 1 fully saturated rings. The Kier molecular flexibility index (Phi) is 3.64. The molecule has 2 rings (SSSR count). The smallest absolute Gasteiger partial charge is 0.412 e. The number of carbonyl (C=O) groups is 1. The van der Waals surface area contributed by atoms with Crippen LogP contribution in [0.5, 0.6) is 0 Å². The van der Waals surface area contributed by atoms with Gasteiger partial charge in [0.15, 0.2) is 0 Å². The molecule has 0 spiro atoms. The number of hydrogen-bond donors (Lipinski definition) is 1. The maximum Gasteiger partial charge on any atom is 0.412 e. The number of ether oxygens (including phenoxy) is 2. The fraction of sp³-hybridized carbons (Fsp3) is 0.462. The van der Waals surface area contributed by atoms with Gasteiger partial charge in [-0.25, -0.2) is 4.79 Å². The van der Waals surface area contributed by atoms with Gasteiger partial charge in [-0.3, -0.25) is 5.32 Å². The molecule has 0 radical (unpaired) electrons. The normalized spacial score (nSPS) is 18.3. The number of nitrogens with one attached hydrogen (secondary N) is 1. The molecular weight excluding hydrogens is 298 g/mol. The number of benzene rings is 1. The van der Waals surface area contributed by atoms with Crippen LogP contribution < -0.4 is 5.32 Å². The minimum Gasteiger partial charge on any atom is -0.444 e. The van der Waals surface area contributed by atoms with Gasteiger partial charge in [-0.2, -0.15) is 0 Å². The number of epoxide rings is 1. The van der Waals surface area contributed by atoms with Gasteiger partial charge in [0, 0.05) is 10.0 Å². The van der Waals surface area contributed by atoms with E-state index in [1.807, 2.05) is 39.0 Å². The summed E-state index contributed by atoms with van der Waals surface area (Å²) >= 11 is 3.38. The fourth-order valence-electron chi connectivity index (χ4n) is 1.56. The third-order valence-corrected chi connectivity index (χ3v) is 2.82. The molecule has 0 unspecified atom stereocenters. The summed E-state index contributed by atoms with van der Waals surface area (Å²) in [4.78, 5) is 11.7. The van der Waals surface area contributed by atoms with Crippen LogP contribution in [-0.4, -0.2) is 18.3 Å². The molecule has 1 amide bonds. The van der Waals surface area contributed by atoms with Gasteiger partial charge in [-0.15, -0.1) is 0 Å². The molecule has 1 aromatic rings. The summed E-state index contributed by atoms with van der Waals surface area (Å²) in [6, 6.07) is 5.71. The molecule has 1 aliphatic rings. The lowest BCUT2D eigenvalue weighted by atomic mass is 10.1. The van der Waals surface area contributed by atoms with Crippen LogP contribution in [0, 0.1) is 0 Å². The zero-order valence-electron chi connectivity index (χ0n) is 10.6. The molecule has 0 saturated carbocycles. The quantitative estimate of drug-likeness (QED) is 0.843. The molecule has 1 atom stereocenters. The first kappa shape index (κ1) is 13.4. The maximum atomic E-state index is 11.7. The molecule has 5 heteroatoms. The summed E-state index contributed by atoms with van der Waals surface area (Å²) in [6.45, 7) is 6.19. The average molecular weight is 314 g/mol. The van der Waals surface area contributed by atoms with Crippen LogP contribution in [0.4, 0.5) is 10.5 Å². The number of halogens is 1. The number of anilines is 1. The Morgan fingerprint density at radius 2 is 2.17 bits per heavy atom. The Balaban J connectivity index is 2.12. The zero-order valence-corrected chi connectivity index (χ0v) is 12.2. The highest BCUT2D eigenvalue weighted by atomic mass is 79.9. The summed E-state index contributed by atoms with van der Waals surface area (Å²) in [5.41, 5.74) is 1.19. The minimum atomic E-state index is -0.508. The van der Waals surface area contributed by atoms with E-state index in [2.05, 4.69) is 21.2 Å². The van der Waals surface area contributed by atoms with Crippen LogP contribution in [0.3, 0.4) is 0 Å². The van der Waals surface area contributed by atoms with Gasteiger partial charge < -0.3 is 9.47 Å². The van der Waals surface area contributed by atoms with Crippen LogP contribution >= 0.6 is 15.9 Å². The van der Waals surface area contributed by atoms with Crippen LogP contribution in [-0.2, 0) is 9.47 Å². The van der Waals surface area contributed by atoms with Crippen LogP contribution in [0.2, 0.25) is 0 Å². The van der Waals surface area contributed by atoms with E-state index < -0.39 is 11.7 Å². The van der Waals surface area contributed by atoms with Crippen LogP contribution in [0.25, 0.3) is 0 Å². The van der Waals surface area contributed by atoms with Crippen molar-refractivity contribution in [1.82, 2.24) is 0 Å². The van der Waals surface area contributed by atoms with Gasteiger partial charge in [0.05, 0.1) is 12.3 Å². The van der Waals surface area contributed by atoms with Crippen molar-refractivity contribution in [2.24, 2.45) is 0 Å². The summed E-state index contributed by atoms with van der Waals surface area (Å²) in [7, 11) is 0. The van der Waals surface area contributed by atoms with Gasteiger partial charge in [-0.1, -0.05) is 22.0 Å².